The van der Waals surface area contributed by atoms with E-state index in [0.717, 1.165) is 0 Å². The highest BCUT2D eigenvalue weighted by atomic mass is 16.8. The van der Waals surface area contributed by atoms with Crippen LogP contribution in [0.2, 0.25) is 0 Å². The molecule has 3 atom stereocenters. The minimum Gasteiger partial charge on any atom is -0.438 e. The summed E-state index contributed by atoms with van der Waals surface area (Å²) in [5, 5.41) is 0. The lowest BCUT2D eigenvalue weighted by molar-refractivity contribution is -0.145. The van der Waals surface area contributed by atoms with Gasteiger partial charge >= 0.3 is 12.3 Å². The second kappa shape index (κ2) is 10.8. The molecule has 1 aliphatic rings. The summed E-state index contributed by atoms with van der Waals surface area (Å²) >= 11 is 0. The van der Waals surface area contributed by atoms with Gasteiger partial charge in [0.05, 0.1) is 13.2 Å². The lowest BCUT2D eigenvalue weighted by Gasteiger charge is -2.22. The van der Waals surface area contributed by atoms with Gasteiger partial charge in [-0.2, -0.15) is 0 Å². The molecule has 1 rings (SSSR count). The summed E-state index contributed by atoms with van der Waals surface area (Å²) in [7, 11) is 1.23. The molecule has 0 bridgehead atoms. The normalized spacial score (nSPS) is 21.6. The Morgan fingerprint density at radius 2 is 1.83 bits per heavy atom. The molecule has 29 heavy (non-hydrogen) atoms. The molecular formula is C21H30O8. The Balaban J connectivity index is 2.90. The summed E-state index contributed by atoms with van der Waals surface area (Å²) in [5.74, 6) is -0.740. The van der Waals surface area contributed by atoms with Crippen LogP contribution in [-0.2, 0) is 28.4 Å². The molecule has 1 aliphatic heterocycles. The first-order valence-electron chi connectivity index (χ1n) is 9.08. The number of methoxy groups -OCH3 is 1. The molecule has 0 unspecified atom stereocenters. The molecule has 8 heteroatoms. The average molecular weight is 410 g/mol. The zero-order valence-electron chi connectivity index (χ0n) is 17.7. The number of carbonyl (C=O) groups excluding carboxylic acids is 2. The minimum atomic E-state index is -0.878. The summed E-state index contributed by atoms with van der Waals surface area (Å²) in [4.78, 5) is 23.1. The van der Waals surface area contributed by atoms with Crippen molar-refractivity contribution >= 4 is 12.3 Å². The van der Waals surface area contributed by atoms with E-state index in [1.807, 2.05) is 0 Å². The van der Waals surface area contributed by atoms with E-state index in [2.05, 4.69) is 24.5 Å². The molecule has 0 amide bonds. The van der Waals surface area contributed by atoms with Crippen LogP contribution in [0.15, 0.2) is 48.8 Å². The summed E-state index contributed by atoms with van der Waals surface area (Å²) in [5.41, 5.74) is 1.21. The van der Waals surface area contributed by atoms with E-state index in [0.29, 0.717) is 17.6 Å². The van der Waals surface area contributed by atoms with Crippen molar-refractivity contribution in [1.82, 2.24) is 0 Å². The zero-order chi connectivity index (χ0) is 22.2. The second-order valence-electron chi connectivity index (χ2n) is 7.01. The van der Waals surface area contributed by atoms with Crippen molar-refractivity contribution in [2.24, 2.45) is 0 Å². The van der Waals surface area contributed by atoms with Crippen LogP contribution in [0, 0.1) is 0 Å². The molecule has 0 aliphatic carbocycles. The van der Waals surface area contributed by atoms with Crippen molar-refractivity contribution in [3.8, 4) is 0 Å². The van der Waals surface area contributed by atoms with E-state index in [1.54, 1.807) is 33.8 Å². The number of allylic oxidation sites excluding steroid dienone is 1. The topological polar surface area (TPSA) is 89.5 Å². The van der Waals surface area contributed by atoms with E-state index in [1.165, 1.54) is 13.2 Å². The Kier molecular flexibility index (Phi) is 9.13. The van der Waals surface area contributed by atoms with Crippen molar-refractivity contribution < 1.29 is 38.0 Å². The van der Waals surface area contributed by atoms with Gasteiger partial charge in [-0.3, -0.25) is 0 Å². The van der Waals surface area contributed by atoms with Crippen molar-refractivity contribution in [2.45, 2.75) is 58.2 Å². The standard InChI is InChI=1S/C21H30O8/c1-9-10-25-20(23)26-15(5)14(4)11-17-18(29-21(6,7)28-17)12-16(13(2)3)27-19(22)24-8/h9,11,16-18H,1-2,5,10,12H2,3-4,6-8H3/b14-11+/t16-,17+,18+/m1/s1. The van der Waals surface area contributed by atoms with Crippen LogP contribution >= 0.6 is 0 Å². The Bertz CT molecular complexity index is 676. The second-order valence-corrected chi connectivity index (χ2v) is 7.01. The van der Waals surface area contributed by atoms with Crippen molar-refractivity contribution in [1.29, 1.82) is 0 Å². The third-order valence-corrected chi connectivity index (χ3v) is 4.00. The predicted molar refractivity (Wildman–Crippen MR) is 106 cm³/mol. The van der Waals surface area contributed by atoms with E-state index in [9.17, 15) is 9.59 Å². The molecule has 0 spiro atoms. The van der Waals surface area contributed by atoms with Crippen LogP contribution in [-0.4, -0.2) is 50.1 Å². The molecule has 0 aromatic rings. The number of carbonyl (C=O) groups is 2. The molecule has 0 N–H and O–H groups in total. The van der Waals surface area contributed by atoms with Crippen LogP contribution in [0.3, 0.4) is 0 Å². The predicted octanol–water partition coefficient (Wildman–Crippen LogP) is 4.42. The fourth-order valence-electron chi connectivity index (χ4n) is 2.59. The van der Waals surface area contributed by atoms with Crippen LogP contribution in [0.25, 0.3) is 0 Å². The highest BCUT2D eigenvalue weighted by Crippen LogP contribution is 2.33. The maximum Gasteiger partial charge on any atom is 0.514 e. The highest BCUT2D eigenvalue weighted by Gasteiger charge is 2.42. The number of hydrogen-bond donors (Lipinski definition) is 0. The number of rotatable bonds is 9. The van der Waals surface area contributed by atoms with Crippen molar-refractivity contribution in [3.05, 3.63) is 48.8 Å². The molecule has 0 saturated carbocycles. The van der Waals surface area contributed by atoms with Crippen LogP contribution in [0.5, 0.6) is 0 Å². The van der Waals surface area contributed by atoms with Gasteiger partial charge < -0.3 is 28.4 Å². The monoisotopic (exact) mass is 410 g/mol. The fraction of sp³-hybridized carbons (Fsp3) is 0.524. The lowest BCUT2D eigenvalue weighted by atomic mass is 10.0. The summed E-state index contributed by atoms with van der Waals surface area (Å²) in [6.07, 6.45) is 0.209. The van der Waals surface area contributed by atoms with Gasteiger partial charge in [0.2, 0.25) is 0 Å². The van der Waals surface area contributed by atoms with Gasteiger partial charge in [-0.25, -0.2) is 9.59 Å². The number of ether oxygens (including phenoxy) is 6. The quantitative estimate of drug-likeness (QED) is 0.239. The fourth-order valence-corrected chi connectivity index (χ4v) is 2.59. The van der Waals surface area contributed by atoms with Gasteiger partial charge in [0.1, 0.15) is 24.6 Å². The summed E-state index contributed by atoms with van der Waals surface area (Å²) < 4.78 is 31.5. The molecule has 1 saturated heterocycles. The van der Waals surface area contributed by atoms with Gasteiger partial charge in [0.25, 0.3) is 0 Å². The van der Waals surface area contributed by atoms with Gasteiger partial charge in [-0.15, -0.1) is 0 Å². The van der Waals surface area contributed by atoms with E-state index < -0.39 is 36.4 Å². The van der Waals surface area contributed by atoms with Gasteiger partial charge in [0, 0.05) is 6.42 Å². The number of hydrogen-bond acceptors (Lipinski definition) is 8. The summed E-state index contributed by atoms with van der Waals surface area (Å²) in [6, 6.07) is 0. The van der Waals surface area contributed by atoms with Gasteiger partial charge in [0.15, 0.2) is 5.79 Å². The SMILES string of the molecule is C=CCOC(=O)OC(=C)/C(C)=C/[C@@H]1OC(C)(C)O[C@H]1C[C@@H](OC(=O)OC)C(=C)C. The minimum absolute atomic E-state index is 0.0349. The molecule has 1 fully saturated rings. The molecule has 0 radical (unpaired) electrons. The highest BCUT2D eigenvalue weighted by molar-refractivity contribution is 5.62. The molecular weight excluding hydrogens is 380 g/mol. The van der Waals surface area contributed by atoms with Crippen LogP contribution in [0.1, 0.15) is 34.1 Å². The largest absolute Gasteiger partial charge is 0.514 e. The van der Waals surface area contributed by atoms with E-state index in [-0.39, 0.29) is 12.4 Å². The maximum atomic E-state index is 11.6. The Labute approximate surface area is 171 Å². The first kappa shape index (κ1) is 24.5. The maximum absolute atomic E-state index is 11.6. The van der Waals surface area contributed by atoms with Gasteiger partial charge in [-0.05, 0) is 44.9 Å². The average Bonchev–Trinajstić information content (AvgIpc) is 2.91. The third kappa shape index (κ3) is 8.13. The van der Waals surface area contributed by atoms with E-state index in [4.69, 9.17) is 23.7 Å². The van der Waals surface area contributed by atoms with Crippen molar-refractivity contribution in [2.75, 3.05) is 13.7 Å². The van der Waals surface area contributed by atoms with Crippen molar-refractivity contribution in [3.63, 3.8) is 0 Å². The molecule has 0 aromatic carbocycles. The molecule has 162 valence electrons. The zero-order valence-corrected chi connectivity index (χ0v) is 17.7. The summed E-state index contributed by atoms with van der Waals surface area (Å²) in [6.45, 7) is 18.1. The Hall–Kier alpha value is -2.58. The molecule has 0 aromatic heterocycles. The van der Waals surface area contributed by atoms with Crippen LogP contribution in [0.4, 0.5) is 9.59 Å². The molecule has 8 nitrogen and oxygen atoms in total. The first-order chi connectivity index (χ1) is 13.5. The van der Waals surface area contributed by atoms with E-state index >= 15 is 0 Å². The molecule has 1 heterocycles. The van der Waals surface area contributed by atoms with Crippen LogP contribution < -0.4 is 0 Å². The lowest BCUT2D eigenvalue weighted by Crippen LogP contribution is -2.30. The third-order valence-electron chi connectivity index (χ3n) is 4.00. The smallest absolute Gasteiger partial charge is 0.438 e. The first-order valence-corrected chi connectivity index (χ1v) is 9.08. The Morgan fingerprint density at radius 3 is 2.38 bits per heavy atom. The Morgan fingerprint density at radius 1 is 1.17 bits per heavy atom. The van der Waals surface area contributed by atoms with Gasteiger partial charge in [-0.1, -0.05) is 25.8 Å².